The summed E-state index contributed by atoms with van der Waals surface area (Å²) in [5.41, 5.74) is 1.22. The highest BCUT2D eigenvalue weighted by atomic mass is 32.2. The van der Waals surface area contributed by atoms with Crippen LogP contribution in [0.15, 0.2) is 53.9 Å². The first-order valence-corrected chi connectivity index (χ1v) is 15.9. The Labute approximate surface area is 262 Å². The topological polar surface area (TPSA) is 119 Å². The summed E-state index contributed by atoms with van der Waals surface area (Å²) in [6.07, 6.45) is 10.7. The Balaban J connectivity index is 1.25. The Kier molecular flexibility index (Phi) is 9.28. The fourth-order valence-electron chi connectivity index (χ4n) is 5.89. The summed E-state index contributed by atoms with van der Waals surface area (Å²) in [4.78, 5) is 36.1. The second kappa shape index (κ2) is 13.5. The van der Waals surface area contributed by atoms with Gasteiger partial charge in [0.25, 0.3) is 5.91 Å². The van der Waals surface area contributed by atoms with Crippen LogP contribution in [0.2, 0.25) is 0 Å². The first kappa shape index (κ1) is 30.9. The molecule has 0 bridgehead atoms. The van der Waals surface area contributed by atoms with Gasteiger partial charge in [-0.1, -0.05) is 0 Å². The van der Waals surface area contributed by atoms with E-state index in [0.29, 0.717) is 30.8 Å². The van der Waals surface area contributed by atoms with Gasteiger partial charge in [-0.15, -0.1) is 11.8 Å². The van der Waals surface area contributed by atoms with Gasteiger partial charge in [0.2, 0.25) is 5.91 Å². The van der Waals surface area contributed by atoms with Gasteiger partial charge in [0, 0.05) is 60.8 Å². The molecule has 0 unspecified atom stereocenters. The molecule has 2 aliphatic rings. The number of nitrogens with one attached hydrogen (secondary N) is 1. The maximum absolute atomic E-state index is 13.4. The van der Waals surface area contributed by atoms with E-state index in [-0.39, 0.29) is 40.7 Å². The molecule has 2 saturated heterocycles. The van der Waals surface area contributed by atoms with Gasteiger partial charge in [0.15, 0.2) is 5.65 Å². The third-order valence-electron chi connectivity index (χ3n) is 8.36. The zero-order chi connectivity index (χ0) is 31.5. The van der Waals surface area contributed by atoms with E-state index >= 15 is 0 Å². The van der Waals surface area contributed by atoms with Crippen molar-refractivity contribution in [3.05, 3.63) is 54.6 Å². The van der Waals surface area contributed by atoms with Crippen LogP contribution in [-0.2, 0) is 16.1 Å². The largest absolute Gasteiger partial charge is 0.434 e. The molecular weight excluding hydrogens is 606 g/mol. The SMILES string of the molecule is CSc1ccc(OC(F)F)c(-c2nn(CC(=O)N3CCC(N(C)[C@@H]4CCOC4)CC3)cc2NC(=O)c2cnn3cccnc23)c1. The molecule has 15 heteroatoms. The van der Waals surface area contributed by atoms with Gasteiger partial charge in [0.05, 0.1) is 18.5 Å². The van der Waals surface area contributed by atoms with Crippen LogP contribution < -0.4 is 10.1 Å². The van der Waals surface area contributed by atoms with E-state index in [0.717, 1.165) is 37.4 Å². The fourth-order valence-corrected chi connectivity index (χ4v) is 6.33. The normalized spacial score (nSPS) is 17.5. The molecule has 1 N–H and O–H groups in total. The van der Waals surface area contributed by atoms with Crippen LogP contribution in [0.25, 0.3) is 16.9 Å². The lowest BCUT2D eigenvalue weighted by molar-refractivity contribution is -0.133. The molecule has 5 heterocycles. The molecule has 1 aromatic carbocycles. The molecule has 2 fully saturated rings. The minimum atomic E-state index is -3.07. The monoisotopic (exact) mass is 640 g/mol. The van der Waals surface area contributed by atoms with Crippen LogP contribution in [0.4, 0.5) is 14.5 Å². The highest BCUT2D eigenvalue weighted by molar-refractivity contribution is 7.98. The summed E-state index contributed by atoms with van der Waals surface area (Å²) in [6.45, 7) is -0.405. The maximum atomic E-state index is 13.4. The number of likely N-dealkylation sites (N-methyl/N-ethyl adjacent to an activating group) is 1. The van der Waals surface area contributed by atoms with Crippen LogP contribution in [0.5, 0.6) is 5.75 Å². The summed E-state index contributed by atoms with van der Waals surface area (Å²) >= 11 is 1.42. The summed E-state index contributed by atoms with van der Waals surface area (Å²) in [6, 6.07) is 7.25. The van der Waals surface area contributed by atoms with Crippen LogP contribution in [0.1, 0.15) is 29.6 Å². The predicted molar refractivity (Wildman–Crippen MR) is 164 cm³/mol. The van der Waals surface area contributed by atoms with Crippen molar-refractivity contribution in [1.29, 1.82) is 0 Å². The molecule has 6 rings (SSSR count). The number of benzene rings is 1. The maximum Gasteiger partial charge on any atom is 0.387 e. The van der Waals surface area contributed by atoms with Crippen molar-refractivity contribution in [2.45, 2.75) is 49.4 Å². The molecule has 2 amide bonds. The lowest BCUT2D eigenvalue weighted by Gasteiger charge is -2.39. The molecule has 45 heavy (non-hydrogen) atoms. The minimum Gasteiger partial charge on any atom is -0.434 e. The average molecular weight is 641 g/mol. The van der Waals surface area contributed by atoms with E-state index in [4.69, 9.17) is 9.47 Å². The fraction of sp³-hybridized carbons (Fsp3) is 0.433. The quantitative estimate of drug-likeness (QED) is 0.258. The van der Waals surface area contributed by atoms with Crippen molar-refractivity contribution >= 4 is 34.9 Å². The number of aromatic nitrogens is 5. The van der Waals surface area contributed by atoms with Crippen molar-refractivity contribution in [3.8, 4) is 17.0 Å². The van der Waals surface area contributed by atoms with Crippen molar-refractivity contribution in [2.24, 2.45) is 0 Å². The molecule has 2 aliphatic heterocycles. The molecule has 0 spiro atoms. The predicted octanol–water partition coefficient (Wildman–Crippen LogP) is 3.88. The highest BCUT2D eigenvalue weighted by Crippen LogP contribution is 2.38. The van der Waals surface area contributed by atoms with Crippen molar-refractivity contribution < 1.29 is 27.8 Å². The molecule has 4 aromatic rings. The summed E-state index contributed by atoms with van der Waals surface area (Å²) in [5.74, 6) is -0.751. The zero-order valence-corrected chi connectivity index (χ0v) is 25.8. The second-order valence-corrected chi connectivity index (χ2v) is 11.9. The molecular formula is C30H34F2N8O4S. The molecule has 0 radical (unpaired) electrons. The molecule has 12 nitrogen and oxygen atoms in total. The number of carbonyl (C=O) groups excluding carboxylic acids is 2. The van der Waals surface area contributed by atoms with Crippen molar-refractivity contribution in [3.63, 3.8) is 0 Å². The number of thioether (sulfide) groups is 1. The van der Waals surface area contributed by atoms with Gasteiger partial charge in [0.1, 0.15) is 23.6 Å². The van der Waals surface area contributed by atoms with Crippen LogP contribution in [0, 0.1) is 0 Å². The summed E-state index contributed by atoms with van der Waals surface area (Å²) in [7, 11) is 2.13. The van der Waals surface area contributed by atoms with Crippen LogP contribution in [0.3, 0.4) is 0 Å². The lowest BCUT2D eigenvalue weighted by atomic mass is 10.0. The number of amides is 2. The van der Waals surface area contributed by atoms with Gasteiger partial charge < -0.3 is 19.7 Å². The summed E-state index contributed by atoms with van der Waals surface area (Å²) in [5, 5.41) is 11.6. The Hall–Kier alpha value is -4.08. The van der Waals surface area contributed by atoms with E-state index in [1.165, 1.54) is 39.4 Å². The van der Waals surface area contributed by atoms with E-state index in [2.05, 4.69) is 32.4 Å². The van der Waals surface area contributed by atoms with E-state index < -0.39 is 12.5 Å². The first-order valence-electron chi connectivity index (χ1n) is 14.7. The van der Waals surface area contributed by atoms with Gasteiger partial charge in [-0.2, -0.15) is 19.0 Å². The summed E-state index contributed by atoms with van der Waals surface area (Å²) < 4.78 is 40.1. The number of anilines is 1. The number of piperidine rings is 1. The number of likely N-dealkylation sites (tertiary alicyclic amines) is 1. The third-order valence-corrected chi connectivity index (χ3v) is 9.09. The van der Waals surface area contributed by atoms with Crippen molar-refractivity contribution in [2.75, 3.05) is 44.9 Å². The molecule has 1 atom stereocenters. The minimum absolute atomic E-state index is 0.0919. The second-order valence-electron chi connectivity index (χ2n) is 11.0. The van der Waals surface area contributed by atoms with Crippen LogP contribution >= 0.6 is 11.8 Å². The highest BCUT2D eigenvalue weighted by Gasteiger charge is 2.31. The number of rotatable bonds is 10. The number of hydrogen-bond donors (Lipinski definition) is 1. The Morgan fingerprint density at radius 1 is 1.22 bits per heavy atom. The van der Waals surface area contributed by atoms with Gasteiger partial charge in [-0.05, 0) is 56.8 Å². The van der Waals surface area contributed by atoms with Gasteiger partial charge in [-0.3, -0.25) is 19.2 Å². The first-order chi connectivity index (χ1) is 21.8. The Bertz CT molecular complexity index is 1670. The van der Waals surface area contributed by atoms with E-state index in [1.54, 1.807) is 30.6 Å². The number of halogens is 2. The number of fused-ring (bicyclic) bond motifs is 1. The lowest BCUT2D eigenvalue weighted by Crippen LogP contribution is -2.49. The molecule has 238 valence electrons. The number of alkyl halides is 2. The van der Waals surface area contributed by atoms with E-state index in [1.807, 2.05) is 11.2 Å². The molecule has 0 saturated carbocycles. The number of ether oxygens (including phenoxy) is 2. The average Bonchev–Trinajstić information content (AvgIpc) is 3.81. The Morgan fingerprint density at radius 2 is 2.04 bits per heavy atom. The van der Waals surface area contributed by atoms with Gasteiger partial charge in [-0.25, -0.2) is 9.50 Å². The number of nitrogens with zero attached hydrogens (tertiary/aromatic N) is 7. The third kappa shape index (κ3) is 6.79. The smallest absolute Gasteiger partial charge is 0.387 e. The van der Waals surface area contributed by atoms with E-state index in [9.17, 15) is 18.4 Å². The van der Waals surface area contributed by atoms with Crippen molar-refractivity contribution in [1.82, 2.24) is 34.2 Å². The van der Waals surface area contributed by atoms with Crippen LogP contribution in [-0.4, -0.2) is 104 Å². The standard InChI is InChI=1S/C30H34F2N8O4S/c1-37(20-8-13-43-18-20)19-6-11-38(12-7-19)26(41)17-39-16-24(35-29(42)23-15-34-40-10-3-9-33-28(23)40)27(36-39)22-14-21(45-2)4-5-25(22)44-30(31)32/h3-5,9-10,14-16,19-20,30H,6-8,11-13,17-18H2,1-2H3,(H,35,42)/t20-/m1/s1. The number of hydrogen-bond acceptors (Lipinski definition) is 9. The van der Waals surface area contributed by atoms with Gasteiger partial charge >= 0.3 is 6.61 Å². The number of carbonyl (C=O) groups is 2. The molecule has 0 aliphatic carbocycles. The Morgan fingerprint density at radius 3 is 2.78 bits per heavy atom. The zero-order valence-electron chi connectivity index (χ0n) is 24.9. The molecule has 3 aromatic heterocycles.